The molecule has 1 saturated carbocycles. The Morgan fingerprint density at radius 1 is 1.12 bits per heavy atom. The van der Waals surface area contributed by atoms with E-state index in [9.17, 15) is 9.59 Å². The van der Waals surface area contributed by atoms with Crippen LogP contribution in [0.3, 0.4) is 0 Å². The van der Waals surface area contributed by atoms with Gasteiger partial charge in [-0.2, -0.15) is 0 Å². The predicted octanol–water partition coefficient (Wildman–Crippen LogP) is 3.49. The minimum atomic E-state index is -0.585. The molecule has 7 nitrogen and oxygen atoms in total. The van der Waals surface area contributed by atoms with Gasteiger partial charge in [0.15, 0.2) is 11.5 Å². The standard InChI is InChI=1S/C27H30N4O3/c1-26(2,17-29-24(32)23-12-11-22(34-23)21-10-6-7-13-28-21)30-25(33)27-14-20(27)16-31(18-27)15-19-8-4-3-5-9-19/h3-13,20H,14-18H2,1-2H3,(H,29,32)(H,30,33)/t20-,27-/m0/s1. The van der Waals surface area contributed by atoms with Crippen LogP contribution in [-0.4, -0.2) is 46.9 Å². The Balaban J connectivity index is 1.14. The third kappa shape index (κ3) is 4.61. The third-order valence-electron chi connectivity index (χ3n) is 6.81. The first-order valence-electron chi connectivity index (χ1n) is 11.7. The first kappa shape index (κ1) is 22.3. The second kappa shape index (κ2) is 8.72. The molecule has 2 fully saturated rings. The van der Waals surface area contributed by atoms with Crippen LogP contribution in [0.4, 0.5) is 0 Å². The molecule has 2 atom stereocenters. The van der Waals surface area contributed by atoms with Crippen molar-refractivity contribution < 1.29 is 14.0 Å². The second-order valence-electron chi connectivity index (χ2n) is 10.1. The Morgan fingerprint density at radius 3 is 2.68 bits per heavy atom. The van der Waals surface area contributed by atoms with Gasteiger partial charge < -0.3 is 15.1 Å². The molecule has 5 rings (SSSR count). The van der Waals surface area contributed by atoms with E-state index in [4.69, 9.17) is 4.42 Å². The molecule has 1 aliphatic carbocycles. The summed E-state index contributed by atoms with van der Waals surface area (Å²) in [7, 11) is 0. The maximum Gasteiger partial charge on any atom is 0.287 e. The number of pyridine rings is 1. The summed E-state index contributed by atoms with van der Waals surface area (Å²) < 4.78 is 5.67. The van der Waals surface area contributed by atoms with Crippen molar-refractivity contribution in [2.45, 2.75) is 32.4 Å². The summed E-state index contributed by atoms with van der Waals surface area (Å²) in [4.78, 5) is 32.5. The van der Waals surface area contributed by atoms with Crippen LogP contribution in [0, 0.1) is 11.3 Å². The number of hydrogen-bond acceptors (Lipinski definition) is 5. The van der Waals surface area contributed by atoms with E-state index in [0.29, 0.717) is 23.9 Å². The van der Waals surface area contributed by atoms with E-state index in [1.54, 1.807) is 18.3 Å². The minimum absolute atomic E-state index is 0.0859. The Kier molecular flexibility index (Phi) is 5.73. The molecule has 0 unspecified atom stereocenters. The summed E-state index contributed by atoms with van der Waals surface area (Å²) in [5.74, 6) is 0.939. The average Bonchev–Trinajstić information content (AvgIpc) is 3.17. The molecule has 2 N–H and O–H groups in total. The topological polar surface area (TPSA) is 87.5 Å². The summed E-state index contributed by atoms with van der Waals surface area (Å²) in [6, 6.07) is 19.3. The van der Waals surface area contributed by atoms with Gasteiger partial charge in [-0.15, -0.1) is 0 Å². The van der Waals surface area contributed by atoms with E-state index >= 15 is 0 Å². The van der Waals surface area contributed by atoms with Crippen molar-refractivity contribution in [3.63, 3.8) is 0 Å². The number of carbonyl (C=O) groups excluding carboxylic acids is 2. The van der Waals surface area contributed by atoms with Crippen LogP contribution in [0.2, 0.25) is 0 Å². The molecule has 3 heterocycles. The van der Waals surface area contributed by atoms with Crippen molar-refractivity contribution in [1.82, 2.24) is 20.5 Å². The number of aromatic nitrogens is 1. The fourth-order valence-electron chi connectivity index (χ4n) is 4.87. The summed E-state index contributed by atoms with van der Waals surface area (Å²) in [6.45, 7) is 6.76. The number of hydrogen-bond donors (Lipinski definition) is 2. The van der Waals surface area contributed by atoms with Crippen LogP contribution in [0.15, 0.2) is 71.3 Å². The van der Waals surface area contributed by atoms with Crippen LogP contribution >= 0.6 is 0 Å². The van der Waals surface area contributed by atoms with E-state index < -0.39 is 5.54 Å². The van der Waals surface area contributed by atoms with Crippen molar-refractivity contribution in [2.24, 2.45) is 11.3 Å². The third-order valence-corrected chi connectivity index (χ3v) is 6.81. The molecule has 2 aliphatic rings. The zero-order valence-corrected chi connectivity index (χ0v) is 19.6. The molecule has 34 heavy (non-hydrogen) atoms. The van der Waals surface area contributed by atoms with Gasteiger partial charge in [0, 0.05) is 32.4 Å². The lowest BCUT2D eigenvalue weighted by Crippen LogP contribution is -2.54. The molecule has 2 amide bonds. The van der Waals surface area contributed by atoms with Gasteiger partial charge in [0.1, 0.15) is 5.69 Å². The number of furan rings is 1. The monoisotopic (exact) mass is 458 g/mol. The highest BCUT2D eigenvalue weighted by atomic mass is 16.4. The van der Waals surface area contributed by atoms with Crippen LogP contribution in [-0.2, 0) is 11.3 Å². The number of amides is 2. The van der Waals surface area contributed by atoms with E-state index in [1.165, 1.54) is 5.56 Å². The first-order valence-corrected chi connectivity index (χ1v) is 11.7. The van der Waals surface area contributed by atoms with Crippen molar-refractivity contribution >= 4 is 11.8 Å². The van der Waals surface area contributed by atoms with E-state index in [-0.39, 0.29) is 23.0 Å². The molecule has 2 aromatic heterocycles. The minimum Gasteiger partial charge on any atom is -0.449 e. The van der Waals surface area contributed by atoms with Crippen LogP contribution in [0.1, 0.15) is 36.4 Å². The maximum atomic E-state index is 13.2. The van der Waals surface area contributed by atoms with Gasteiger partial charge in [-0.25, -0.2) is 0 Å². The molecule has 3 aromatic rings. The van der Waals surface area contributed by atoms with Gasteiger partial charge in [0.05, 0.1) is 11.0 Å². The predicted molar refractivity (Wildman–Crippen MR) is 129 cm³/mol. The fourth-order valence-corrected chi connectivity index (χ4v) is 4.87. The lowest BCUT2D eigenvalue weighted by molar-refractivity contribution is -0.128. The summed E-state index contributed by atoms with van der Waals surface area (Å²) in [6.07, 6.45) is 2.62. The average molecular weight is 459 g/mol. The lowest BCUT2D eigenvalue weighted by atomic mass is 10.00. The molecular formula is C27H30N4O3. The van der Waals surface area contributed by atoms with Crippen LogP contribution in [0.25, 0.3) is 11.5 Å². The smallest absolute Gasteiger partial charge is 0.287 e. The Hall–Kier alpha value is -3.45. The normalized spacial score (nSPS) is 21.6. The van der Waals surface area contributed by atoms with Crippen LogP contribution < -0.4 is 10.6 Å². The summed E-state index contributed by atoms with van der Waals surface area (Å²) >= 11 is 0. The molecule has 1 aliphatic heterocycles. The van der Waals surface area contributed by atoms with Crippen molar-refractivity contribution in [3.05, 3.63) is 78.2 Å². The molecule has 0 radical (unpaired) electrons. The second-order valence-corrected chi connectivity index (χ2v) is 10.1. The number of nitrogens with zero attached hydrogens (tertiary/aromatic N) is 2. The van der Waals surface area contributed by atoms with Gasteiger partial charge in [-0.05, 0) is 56.0 Å². The van der Waals surface area contributed by atoms with Gasteiger partial charge in [0.25, 0.3) is 5.91 Å². The fraction of sp³-hybridized carbons (Fsp3) is 0.370. The number of piperidine rings is 1. The number of carbonyl (C=O) groups is 2. The summed E-state index contributed by atoms with van der Waals surface area (Å²) in [5, 5.41) is 6.07. The molecule has 0 spiro atoms. The molecule has 1 saturated heterocycles. The maximum absolute atomic E-state index is 13.2. The summed E-state index contributed by atoms with van der Waals surface area (Å²) in [5.41, 5.74) is 1.06. The van der Waals surface area contributed by atoms with Crippen molar-refractivity contribution in [2.75, 3.05) is 19.6 Å². The highest BCUT2D eigenvalue weighted by Gasteiger charge is 2.64. The van der Waals surface area contributed by atoms with E-state index in [0.717, 1.165) is 26.1 Å². The number of likely N-dealkylation sites (tertiary alicyclic amines) is 1. The Bertz CT molecular complexity index is 1170. The van der Waals surface area contributed by atoms with Gasteiger partial charge in [0.2, 0.25) is 5.91 Å². The number of benzene rings is 1. The number of nitrogens with one attached hydrogen (secondary N) is 2. The Labute approximate surface area is 199 Å². The van der Waals surface area contributed by atoms with E-state index in [1.807, 2.05) is 50.2 Å². The van der Waals surface area contributed by atoms with E-state index in [2.05, 4.69) is 32.7 Å². The highest BCUT2D eigenvalue weighted by Crippen LogP contribution is 2.58. The van der Waals surface area contributed by atoms with Crippen LogP contribution in [0.5, 0.6) is 0 Å². The number of fused-ring (bicyclic) bond motifs is 1. The van der Waals surface area contributed by atoms with Crippen molar-refractivity contribution in [1.29, 1.82) is 0 Å². The van der Waals surface area contributed by atoms with Gasteiger partial charge >= 0.3 is 0 Å². The number of rotatable bonds is 8. The SMILES string of the molecule is CC(C)(CNC(=O)c1ccc(-c2ccccn2)o1)NC(=O)[C@]12C[C@H]1CN(Cc1ccccc1)C2. The molecule has 1 aromatic carbocycles. The quantitative estimate of drug-likeness (QED) is 0.540. The Morgan fingerprint density at radius 2 is 1.91 bits per heavy atom. The molecular weight excluding hydrogens is 428 g/mol. The zero-order chi connectivity index (χ0) is 23.8. The highest BCUT2D eigenvalue weighted by molar-refractivity contribution is 5.92. The molecule has 7 heteroatoms. The zero-order valence-electron chi connectivity index (χ0n) is 19.6. The molecule has 0 bridgehead atoms. The first-order chi connectivity index (χ1) is 16.3. The van der Waals surface area contributed by atoms with Crippen molar-refractivity contribution in [3.8, 4) is 11.5 Å². The van der Waals surface area contributed by atoms with Gasteiger partial charge in [-0.1, -0.05) is 36.4 Å². The van der Waals surface area contributed by atoms with Gasteiger partial charge in [-0.3, -0.25) is 19.5 Å². The largest absolute Gasteiger partial charge is 0.449 e. The lowest BCUT2D eigenvalue weighted by Gasteiger charge is -2.29. The molecule has 176 valence electrons.